The van der Waals surface area contributed by atoms with Crippen molar-refractivity contribution >= 4 is 35.0 Å². The van der Waals surface area contributed by atoms with Crippen molar-refractivity contribution in [3.63, 3.8) is 0 Å². The number of ether oxygens (including phenoxy) is 1. The summed E-state index contributed by atoms with van der Waals surface area (Å²) in [7, 11) is 0. The molecule has 1 saturated heterocycles. The summed E-state index contributed by atoms with van der Waals surface area (Å²) in [6, 6.07) is 10.9. The van der Waals surface area contributed by atoms with Gasteiger partial charge in [0, 0.05) is 18.7 Å². The van der Waals surface area contributed by atoms with Crippen molar-refractivity contribution in [2.45, 2.75) is 33.2 Å². The van der Waals surface area contributed by atoms with E-state index in [-0.39, 0.29) is 42.8 Å². The van der Waals surface area contributed by atoms with E-state index in [0.29, 0.717) is 30.1 Å². The highest BCUT2D eigenvalue weighted by atomic mass is 16.5. The van der Waals surface area contributed by atoms with Gasteiger partial charge in [-0.2, -0.15) is 0 Å². The van der Waals surface area contributed by atoms with Gasteiger partial charge in [-0.15, -0.1) is 0 Å². The molecular formula is C24H26N4O5. The minimum absolute atomic E-state index is 0.0771. The molecule has 4 rings (SSSR count). The first-order valence-electron chi connectivity index (χ1n) is 11.0. The zero-order valence-electron chi connectivity index (χ0n) is 18.6. The molecule has 0 aliphatic carbocycles. The number of hydrogen-bond acceptors (Lipinski definition) is 7. The number of esters is 1. The van der Waals surface area contributed by atoms with Gasteiger partial charge < -0.3 is 24.7 Å². The van der Waals surface area contributed by atoms with Crippen LogP contribution >= 0.6 is 0 Å². The highest BCUT2D eigenvalue weighted by Crippen LogP contribution is 2.31. The van der Waals surface area contributed by atoms with E-state index < -0.39 is 11.9 Å². The van der Waals surface area contributed by atoms with Gasteiger partial charge in [0.1, 0.15) is 17.2 Å². The molecule has 0 spiro atoms. The van der Waals surface area contributed by atoms with Crippen molar-refractivity contribution in [3.8, 4) is 0 Å². The number of fused-ring (bicyclic) bond motifs is 1. The van der Waals surface area contributed by atoms with Gasteiger partial charge in [0.05, 0.1) is 36.7 Å². The SMILES string of the molecule is CCOC(=O)C1=C(CC)Nc2ccccc2N=C1NC(=O)[C@H]1CC(=O)N(Cc2ccco2)C1. The molecule has 172 valence electrons. The van der Waals surface area contributed by atoms with Crippen molar-refractivity contribution in [2.24, 2.45) is 10.9 Å². The molecule has 3 heterocycles. The Kier molecular flexibility index (Phi) is 6.58. The van der Waals surface area contributed by atoms with E-state index in [2.05, 4.69) is 15.6 Å². The Morgan fingerprint density at radius 3 is 2.79 bits per heavy atom. The lowest BCUT2D eigenvalue weighted by atomic mass is 10.1. The fourth-order valence-electron chi connectivity index (χ4n) is 3.91. The van der Waals surface area contributed by atoms with E-state index in [1.54, 1.807) is 36.3 Å². The lowest BCUT2D eigenvalue weighted by molar-refractivity contribution is -0.138. The van der Waals surface area contributed by atoms with E-state index in [9.17, 15) is 14.4 Å². The predicted octanol–water partition coefficient (Wildman–Crippen LogP) is 3.13. The summed E-state index contributed by atoms with van der Waals surface area (Å²) in [4.78, 5) is 44.6. The molecule has 33 heavy (non-hydrogen) atoms. The van der Waals surface area contributed by atoms with Gasteiger partial charge >= 0.3 is 5.97 Å². The number of aliphatic imine (C=N–C) groups is 1. The normalized spacial score (nSPS) is 17.8. The number of nitrogens with one attached hydrogen (secondary N) is 2. The van der Waals surface area contributed by atoms with Gasteiger partial charge in [-0.25, -0.2) is 9.79 Å². The first-order valence-corrected chi connectivity index (χ1v) is 11.0. The van der Waals surface area contributed by atoms with Crippen LogP contribution in [0, 0.1) is 5.92 Å². The van der Waals surface area contributed by atoms with Gasteiger partial charge in [-0.1, -0.05) is 19.1 Å². The third kappa shape index (κ3) is 4.82. The molecule has 1 fully saturated rings. The minimum atomic E-state index is -0.574. The summed E-state index contributed by atoms with van der Waals surface area (Å²) in [5.74, 6) is -0.881. The molecule has 2 aliphatic rings. The van der Waals surface area contributed by atoms with Crippen LogP contribution in [0.25, 0.3) is 0 Å². The Labute approximate surface area is 191 Å². The third-order valence-electron chi connectivity index (χ3n) is 5.55. The number of nitrogens with zero attached hydrogens (tertiary/aromatic N) is 2. The number of carbonyl (C=O) groups is 3. The number of allylic oxidation sites excluding steroid dienone is 1. The highest BCUT2D eigenvalue weighted by molar-refractivity contribution is 6.24. The van der Waals surface area contributed by atoms with Crippen LogP contribution in [0.2, 0.25) is 0 Å². The number of rotatable bonds is 6. The lowest BCUT2D eigenvalue weighted by Crippen LogP contribution is -2.40. The molecule has 1 aromatic carbocycles. The molecule has 9 nitrogen and oxygen atoms in total. The third-order valence-corrected chi connectivity index (χ3v) is 5.55. The molecule has 1 atom stereocenters. The second-order valence-corrected chi connectivity index (χ2v) is 7.77. The summed E-state index contributed by atoms with van der Waals surface area (Å²) < 4.78 is 10.6. The number of hydrogen-bond donors (Lipinski definition) is 2. The second-order valence-electron chi connectivity index (χ2n) is 7.77. The average Bonchev–Trinajstić information content (AvgIpc) is 3.40. The fourth-order valence-corrected chi connectivity index (χ4v) is 3.91. The second kappa shape index (κ2) is 9.72. The van der Waals surface area contributed by atoms with E-state index in [0.717, 1.165) is 5.69 Å². The van der Waals surface area contributed by atoms with Crippen molar-refractivity contribution in [1.82, 2.24) is 10.2 Å². The zero-order valence-corrected chi connectivity index (χ0v) is 18.6. The maximum atomic E-state index is 13.2. The number of likely N-dealkylation sites (tertiary alicyclic amines) is 1. The van der Waals surface area contributed by atoms with Crippen molar-refractivity contribution < 1.29 is 23.5 Å². The van der Waals surface area contributed by atoms with Gasteiger partial charge in [0.25, 0.3) is 0 Å². The molecule has 0 radical (unpaired) electrons. The molecule has 0 unspecified atom stereocenters. The number of anilines is 1. The van der Waals surface area contributed by atoms with Gasteiger partial charge in [0.2, 0.25) is 11.8 Å². The molecule has 2 N–H and O–H groups in total. The summed E-state index contributed by atoms with van der Waals surface area (Å²) in [6.45, 7) is 4.37. The van der Waals surface area contributed by atoms with Gasteiger partial charge in [-0.05, 0) is 37.6 Å². The number of para-hydroxylation sites is 2. The summed E-state index contributed by atoms with van der Waals surface area (Å²) in [5, 5.41) is 6.06. The number of carbonyl (C=O) groups excluding carboxylic acids is 3. The Hall–Kier alpha value is -3.88. The molecule has 0 saturated carbocycles. The first-order chi connectivity index (χ1) is 16.0. The summed E-state index contributed by atoms with van der Waals surface area (Å²) in [5.41, 5.74) is 2.08. The van der Waals surface area contributed by atoms with E-state index in [1.807, 2.05) is 25.1 Å². The number of amidine groups is 1. The maximum absolute atomic E-state index is 13.2. The van der Waals surface area contributed by atoms with Crippen LogP contribution in [0.4, 0.5) is 11.4 Å². The Morgan fingerprint density at radius 1 is 1.24 bits per heavy atom. The quantitative estimate of drug-likeness (QED) is 0.654. The molecule has 2 aliphatic heterocycles. The molecule has 9 heteroatoms. The zero-order chi connectivity index (χ0) is 23.4. The molecule has 0 bridgehead atoms. The number of benzene rings is 1. The van der Waals surface area contributed by atoms with Crippen LogP contribution in [-0.2, 0) is 25.7 Å². The monoisotopic (exact) mass is 450 g/mol. The van der Waals surface area contributed by atoms with Crippen molar-refractivity contribution in [1.29, 1.82) is 0 Å². The predicted molar refractivity (Wildman–Crippen MR) is 121 cm³/mol. The van der Waals surface area contributed by atoms with E-state index >= 15 is 0 Å². The Bertz CT molecular complexity index is 1120. The minimum Gasteiger partial charge on any atom is -0.467 e. The molecule has 2 amide bonds. The van der Waals surface area contributed by atoms with Crippen LogP contribution in [-0.4, -0.2) is 41.7 Å². The van der Waals surface area contributed by atoms with Crippen molar-refractivity contribution in [3.05, 3.63) is 59.7 Å². The topological polar surface area (TPSA) is 113 Å². The van der Waals surface area contributed by atoms with Gasteiger partial charge in [-0.3, -0.25) is 9.59 Å². The average molecular weight is 450 g/mol. The van der Waals surface area contributed by atoms with Crippen LogP contribution < -0.4 is 10.6 Å². The fraction of sp³-hybridized carbons (Fsp3) is 0.333. The smallest absolute Gasteiger partial charge is 0.343 e. The molecular weight excluding hydrogens is 424 g/mol. The van der Waals surface area contributed by atoms with E-state index in [1.165, 1.54) is 0 Å². The van der Waals surface area contributed by atoms with Crippen LogP contribution in [0.15, 0.2) is 63.3 Å². The first kappa shape index (κ1) is 22.3. The maximum Gasteiger partial charge on any atom is 0.343 e. The van der Waals surface area contributed by atoms with E-state index in [4.69, 9.17) is 9.15 Å². The molecule has 2 aromatic rings. The van der Waals surface area contributed by atoms with Crippen LogP contribution in [0.5, 0.6) is 0 Å². The lowest BCUT2D eigenvalue weighted by Gasteiger charge is -2.17. The summed E-state index contributed by atoms with van der Waals surface area (Å²) >= 11 is 0. The molecule has 1 aromatic heterocycles. The number of furan rings is 1. The standard InChI is InChI=1S/C24H26N4O5/c1-3-17-21(24(31)32-4-2)22(26-19-10-6-5-9-18(19)25-17)27-23(30)15-12-20(29)28(13-15)14-16-8-7-11-33-16/h5-11,15,25H,3-4,12-14H2,1-2H3,(H,26,27,30)/t15-/m0/s1. The Morgan fingerprint density at radius 2 is 2.06 bits per heavy atom. The van der Waals surface area contributed by atoms with Gasteiger partial charge in [0.15, 0.2) is 0 Å². The van der Waals surface area contributed by atoms with Crippen LogP contribution in [0.3, 0.4) is 0 Å². The number of amides is 2. The van der Waals surface area contributed by atoms with Crippen molar-refractivity contribution in [2.75, 3.05) is 18.5 Å². The Balaban J connectivity index is 1.59. The largest absolute Gasteiger partial charge is 0.467 e. The highest BCUT2D eigenvalue weighted by Gasteiger charge is 2.36. The summed E-state index contributed by atoms with van der Waals surface area (Å²) in [6.07, 6.45) is 2.12. The van der Waals surface area contributed by atoms with Crippen LogP contribution in [0.1, 0.15) is 32.4 Å².